The monoisotopic (exact) mass is 430 g/mol. The van der Waals surface area contributed by atoms with E-state index in [2.05, 4.69) is 14.7 Å². The number of nitrogens with zero attached hydrogens (tertiary/aromatic N) is 3. The number of carbonyl (C=O) groups excluding carboxylic acids is 1. The summed E-state index contributed by atoms with van der Waals surface area (Å²) in [5.41, 5.74) is 1.69. The molecule has 1 amide bonds. The van der Waals surface area contributed by atoms with Crippen LogP contribution in [0.1, 0.15) is 18.2 Å². The molecule has 2 aromatic heterocycles. The highest BCUT2D eigenvalue weighted by Gasteiger charge is 2.14. The van der Waals surface area contributed by atoms with E-state index in [0.29, 0.717) is 26.8 Å². The molecule has 0 saturated heterocycles. The van der Waals surface area contributed by atoms with Gasteiger partial charge in [-0.3, -0.25) is 10.1 Å². The van der Waals surface area contributed by atoms with Gasteiger partial charge >= 0.3 is 0 Å². The third-order valence-corrected chi connectivity index (χ3v) is 5.52. The van der Waals surface area contributed by atoms with E-state index in [1.165, 1.54) is 17.8 Å². The number of aryl methyl sites for hydroxylation is 1. The molecule has 2 heterocycles. The molecule has 0 aliphatic carbocycles. The van der Waals surface area contributed by atoms with Crippen LogP contribution in [0.3, 0.4) is 0 Å². The molecule has 3 rings (SSSR count). The van der Waals surface area contributed by atoms with Gasteiger partial charge in [-0.2, -0.15) is 14.6 Å². The fourth-order valence-corrected chi connectivity index (χ4v) is 3.68. The lowest BCUT2D eigenvalue weighted by Gasteiger charge is -2.01. The average molecular weight is 431 g/mol. The molecule has 28 heavy (non-hydrogen) atoms. The van der Waals surface area contributed by atoms with Crippen molar-refractivity contribution < 1.29 is 9.21 Å². The van der Waals surface area contributed by atoms with E-state index in [0.717, 1.165) is 28.4 Å². The Bertz CT molecular complexity index is 1080. The second-order valence-corrected chi connectivity index (χ2v) is 8.00. The van der Waals surface area contributed by atoms with Gasteiger partial charge in [0, 0.05) is 28.2 Å². The van der Waals surface area contributed by atoms with Gasteiger partial charge in [-0.25, -0.2) is 0 Å². The summed E-state index contributed by atoms with van der Waals surface area (Å²) in [4.78, 5) is 16.5. The summed E-state index contributed by atoms with van der Waals surface area (Å²) in [7, 11) is 0. The molecule has 0 radical (unpaired) electrons. The molecule has 0 spiro atoms. The average Bonchev–Trinajstić information content (AvgIpc) is 3.32. The normalized spacial score (nSPS) is 11.3. The van der Waals surface area contributed by atoms with Crippen LogP contribution in [0.5, 0.6) is 0 Å². The number of benzene rings is 1. The van der Waals surface area contributed by atoms with E-state index in [1.807, 2.05) is 38.1 Å². The molecule has 0 fully saturated rings. The van der Waals surface area contributed by atoms with Crippen molar-refractivity contribution in [3.63, 3.8) is 0 Å². The van der Waals surface area contributed by atoms with Gasteiger partial charge in [0.15, 0.2) is 0 Å². The van der Waals surface area contributed by atoms with Gasteiger partial charge in [0.2, 0.25) is 10.3 Å². The van der Waals surface area contributed by atoms with Gasteiger partial charge in [0.1, 0.15) is 23.2 Å². The summed E-state index contributed by atoms with van der Waals surface area (Å²) in [5.74, 6) is 1.25. The number of rotatable bonds is 6. The van der Waals surface area contributed by atoms with E-state index in [9.17, 15) is 10.1 Å². The Morgan fingerprint density at radius 1 is 1.43 bits per heavy atom. The van der Waals surface area contributed by atoms with Crippen molar-refractivity contribution in [2.45, 2.75) is 19.0 Å². The number of nitriles is 1. The Kier molecular flexibility index (Phi) is 6.52. The summed E-state index contributed by atoms with van der Waals surface area (Å²) in [6.07, 6.45) is 1.39. The maximum Gasteiger partial charge on any atom is 0.268 e. The van der Waals surface area contributed by atoms with Crippen molar-refractivity contribution in [3.8, 4) is 17.4 Å². The van der Waals surface area contributed by atoms with Crippen molar-refractivity contribution in [1.29, 1.82) is 5.26 Å². The number of carbonyl (C=O) groups is 1. The van der Waals surface area contributed by atoms with E-state index in [1.54, 1.807) is 12.1 Å². The third-order valence-electron chi connectivity index (χ3n) is 3.64. The Hall–Kier alpha value is -2.60. The lowest BCUT2D eigenvalue weighted by molar-refractivity contribution is -0.112. The highest BCUT2D eigenvalue weighted by atomic mass is 35.5. The Labute approximate surface area is 175 Å². The largest absolute Gasteiger partial charge is 0.457 e. The standard InChI is InChI=1S/C19H15ClN4O2S2/c1-3-27-19-23-18(28-24-19)22-17(25)13(10-21)8-14-6-7-16(26-14)12-5-4-11(2)15(20)9-12/h4-9H,3H2,1-2H3,(H,22,23,24,25)/b13-8-. The lowest BCUT2D eigenvalue weighted by Crippen LogP contribution is -2.13. The van der Waals surface area contributed by atoms with Gasteiger partial charge in [-0.1, -0.05) is 42.4 Å². The predicted octanol–water partition coefficient (Wildman–Crippen LogP) is 5.42. The van der Waals surface area contributed by atoms with E-state index in [-0.39, 0.29) is 5.57 Å². The van der Waals surface area contributed by atoms with Crippen LogP contribution in [0, 0.1) is 18.3 Å². The summed E-state index contributed by atoms with van der Waals surface area (Å²) in [5, 5.41) is 13.5. The van der Waals surface area contributed by atoms with Crippen molar-refractivity contribution in [2.24, 2.45) is 0 Å². The Morgan fingerprint density at radius 2 is 2.25 bits per heavy atom. The summed E-state index contributed by atoms with van der Waals surface area (Å²) in [6.45, 7) is 3.91. The number of halogens is 1. The van der Waals surface area contributed by atoms with E-state index >= 15 is 0 Å². The smallest absolute Gasteiger partial charge is 0.268 e. The second kappa shape index (κ2) is 9.06. The highest BCUT2D eigenvalue weighted by molar-refractivity contribution is 7.99. The molecule has 0 aliphatic heterocycles. The number of thioether (sulfide) groups is 1. The van der Waals surface area contributed by atoms with Crippen molar-refractivity contribution >= 4 is 52.0 Å². The van der Waals surface area contributed by atoms with Crippen molar-refractivity contribution in [2.75, 3.05) is 11.1 Å². The quantitative estimate of drug-likeness (QED) is 0.319. The minimum atomic E-state index is -0.567. The molecular weight excluding hydrogens is 416 g/mol. The van der Waals surface area contributed by atoms with Crippen LogP contribution in [0.4, 0.5) is 5.13 Å². The lowest BCUT2D eigenvalue weighted by atomic mass is 10.1. The second-order valence-electron chi connectivity index (χ2n) is 5.61. The number of aromatic nitrogens is 2. The van der Waals surface area contributed by atoms with Crippen molar-refractivity contribution in [3.05, 3.63) is 52.3 Å². The van der Waals surface area contributed by atoms with Crippen LogP contribution >= 0.6 is 34.9 Å². The Morgan fingerprint density at radius 3 is 2.96 bits per heavy atom. The maximum absolute atomic E-state index is 12.3. The first-order valence-electron chi connectivity index (χ1n) is 8.26. The SMILES string of the molecule is CCSc1nsc(NC(=O)/C(C#N)=C\c2ccc(-c3ccc(C)c(Cl)c3)o2)n1. The van der Waals surface area contributed by atoms with Gasteiger partial charge in [-0.05, 0) is 36.4 Å². The summed E-state index contributed by atoms with van der Waals surface area (Å²) in [6, 6.07) is 10.9. The summed E-state index contributed by atoms with van der Waals surface area (Å²) >= 11 is 8.70. The molecule has 0 unspecified atom stereocenters. The zero-order valence-corrected chi connectivity index (χ0v) is 17.4. The molecule has 1 N–H and O–H groups in total. The van der Waals surface area contributed by atoms with E-state index < -0.39 is 5.91 Å². The number of nitrogens with one attached hydrogen (secondary N) is 1. The molecule has 142 valence electrons. The van der Waals surface area contributed by atoms with Crippen LogP contribution in [0.15, 0.2) is 45.5 Å². The van der Waals surface area contributed by atoms with Crippen LogP contribution in [0.2, 0.25) is 5.02 Å². The summed E-state index contributed by atoms with van der Waals surface area (Å²) < 4.78 is 9.86. The van der Waals surface area contributed by atoms with Gasteiger partial charge < -0.3 is 4.42 Å². The number of amides is 1. The fourth-order valence-electron chi connectivity index (χ4n) is 2.24. The zero-order valence-electron chi connectivity index (χ0n) is 15.0. The van der Waals surface area contributed by atoms with E-state index in [4.69, 9.17) is 16.0 Å². The first-order chi connectivity index (χ1) is 13.5. The van der Waals surface area contributed by atoms with Crippen LogP contribution in [-0.4, -0.2) is 21.0 Å². The fraction of sp³-hybridized carbons (Fsp3) is 0.158. The van der Waals surface area contributed by atoms with Crippen LogP contribution < -0.4 is 5.32 Å². The molecule has 0 aliphatic rings. The molecule has 0 atom stereocenters. The number of anilines is 1. The third kappa shape index (κ3) is 4.81. The molecule has 6 nitrogen and oxygen atoms in total. The van der Waals surface area contributed by atoms with Crippen LogP contribution in [0.25, 0.3) is 17.4 Å². The molecule has 9 heteroatoms. The number of hydrogen-bond acceptors (Lipinski definition) is 7. The van der Waals surface area contributed by atoms with Gasteiger partial charge in [0.25, 0.3) is 5.91 Å². The predicted molar refractivity (Wildman–Crippen MR) is 112 cm³/mol. The number of hydrogen-bond donors (Lipinski definition) is 1. The number of furan rings is 1. The minimum absolute atomic E-state index is 0.0947. The molecule has 0 bridgehead atoms. The Balaban J connectivity index is 1.76. The molecule has 3 aromatic rings. The minimum Gasteiger partial charge on any atom is -0.457 e. The maximum atomic E-state index is 12.3. The molecular formula is C19H15ClN4O2S2. The van der Waals surface area contributed by atoms with Crippen LogP contribution in [-0.2, 0) is 4.79 Å². The topological polar surface area (TPSA) is 91.8 Å². The van der Waals surface area contributed by atoms with Crippen molar-refractivity contribution in [1.82, 2.24) is 9.36 Å². The zero-order chi connectivity index (χ0) is 20.1. The molecule has 0 saturated carbocycles. The van der Waals surface area contributed by atoms with Gasteiger partial charge in [-0.15, -0.1) is 0 Å². The first-order valence-corrected chi connectivity index (χ1v) is 10.4. The highest BCUT2D eigenvalue weighted by Crippen LogP contribution is 2.28. The molecule has 1 aromatic carbocycles. The van der Waals surface area contributed by atoms with Gasteiger partial charge in [0.05, 0.1) is 0 Å². The first kappa shape index (κ1) is 20.1.